The molecule has 0 aliphatic heterocycles. The molecule has 0 aliphatic rings. The van der Waals surface area contributed by atoms with Gasteiger partial charge in [-0.3, -0.25) is 0 Å². The normalized spacial score (nSPS) is 11.3. The van der Waals surface area contributed by atoms with Gasteiger partial charge in [0.15, 0.2) is 0 Å². The second-order valence-electron chi connectivity index (χ2n) is 1.80. The van der Waals surface area contributed by atoms with Gasteiger partial charge in [-0.1, -0.05) is 31.8 Å². The maximum Gasteiger partial charge on any atom is 0.115 e. The molecule has 0 fully saturated rings. The zero-order valence-electron chi connectivity index (χ0n) is 5.72. The summed E-state index contributed by atoms with van der Waals surface area (Å²) in [5.41, 5.74) is 0. The molecule has 0 rings (SSSR count). The fourth-order valence-electron chi connectivity index (χ4n) is 0.501. The van der Waals surface area contributed by atoms with Crippen molar-refractivity contribution in [2.24, 2.45) is 0 Å². The van der Waals surface area contributed by atoms with Gasteiger partial charge in [0.25, 0.3) is 0 Å². The Labute approximate surface area is 56.4 Å². The van der Waals surface area contributed by atoms with E-state index in [1.54, 1.807) is 0 Å². The summed E-state index contributed by atoms with van der Waals surface area (Å²) in [6.45, 7) is 5.42. The van der Waals surface area contributed by atoms with E-state index in [2.05, 4.69) is 18.4 Å². The molecule has 0 saturated heterocycles. The zero-order valence-corrected chi connectivity index (χ0v) is 5.72. The van der Waals surface area contributed by atoms with E-state index in [9.17, 15) is 0 Å². The average Bonchev–Trinajstić information content (AvgIpc) is 1.85. The molecule has 0 spiro atoms. The van der Waals surface area contributed by atoms with Crippen LogP contribution in [0, 0.1) is 11.8 Å². The summed E-state index contributed by atoms with van der Waals surface area (Å²) in [6.07, 6.45) is 2.74. The molecule has 1 heteroatoms. The maximum absolute atomic E-state index is 8.96. The van der Waals surface area contributed by atoms with E-state index in [-0.39, 0.29) is 0 Å². The van der Waals surface area contributed by atoms with Gasteiger partial charge in [-0.2, -0.15) is 0 Å². The van der Waals surface area contributed by atoms with Crippen LogP contribution < -0.4 is 0 Å². The van der Waals surface area contributed by atoms with Crippen molar-refractivity contribution in [1.82, 2.24) is 0 Å². The van der Waals surface area contributed by atoms with Crippen molar-refractivity contribution in [3.63, 3.8) is 0 Å². The van der Waals surface area contributed by atoms with Crippen LogP contribution in [0.4, 0.5) is 0 Å². The fourth-order valence-corrected chi connectivity index (χ4v) is 0.501. The van der Waals surface area contributed by atoms with Crippen molar-refractivity contribution in [1.29, 1.82) is 0 Å². The summed E-state index contributed by atoms with van der Waals surface area (Å²) in [4.78, 5) is 0. The summed E-state index contributed by atoms with van der Waals surface area (Å²) in [7, 11) is 0. The van der Waals surface area contributed by atoms with Crippen LogP contribution in [0.1, 0.15) is 19.8 Å². The standard InChI is InChI=1S/C8H12O/c1-3-5-7-8(9)6-4-2/h3,8-9H,1,4,6H2,2H3. The van der Waals surface area contributed by atoms with Crippen LogP contribution in [0.2, 0.25) is 0 Å². The third-order valence-corrected chi connectivity index (χ3v) is 0.914. The van der Waals surface area contributed by atoms with E-state index < -0.39 is 6.10 Å². The molecule has 0 aliphatic carbocycles. The lowest BCUT2D eigenvalue weighted by molar-refractivity contribution is 0.221. The molecule has 0 radical (unpaired) electrons. The Kier molecular flexibility index (Phi) is 4.95. The van der Waals surface area contributed by atoms with Crippen LogP contribution in [0.25, 0.3) is 0 Å². The zero-order chi connectivity index (χ0) is 7.11. The molecule has 50 valence electrons. The highest BCUT2D eigenvalue weighted by molar-refractivity contribution is 5.14. The average molecular weight is 124 g/mol. The summed E-state index contributed by atoms with van der Waals surface area (Å²) in [6, 6.07) is 0. The molecule has 9 heavy (non-hydrogen) atoms. The number of hydrogen-bond donors (Lipinski definition) is 1. The predicted molar refractivity (Wildman–Crippen MR) is 38.9 cm³/mol. The van der Waals surface area contributed by atoms with Gasteiger partial charge < -0.3 is 5.11 Å². The van der Waals surface area contributed by atoms with Crippen LogP contribution in [-0.4, -0.2) is 11.2 Å². The van der Waals surface area contributed by atoms with Crippen LogP contribution in [0.3, 0.4) is 0 Å². The fraction of sp³-hybridized carbons (Fsp3) is 0.500. The predicted octanol–water partition coefficient (Wildman–Crippen LogP) is 1.34. The molecule has 0 bridgehead atoms. The molecular formula is C8H12O. The van der Waals surface area contributed by atoms with E-state index in [0.717, 1.165) is 12.8 Å². The molecule has 0 aromatic heterocycles. The number of hydrogen-bond acceptors (Lipinski definition) is 1. The van der Waals surface area contributed by atoms with Gasteiger partial charge in [0.05, 0.1) is 0 Å². The van der Waals surface area contributed by atoms with Crippen LogP contribution >= 0.6 is 0 Å². The molecule has 0 heterocycles. The highest BCUT2D eigenvalue weighted by Gasteiger charge is 1.92. The monoisotopic (exact) mass is 124 g/mol. The Bertz CT molecular complexity index is 127. The van der Waals surface area contributed by atoms with Crippen LogP contribution in [0.5, 0.6) is 0 Å². The van der Waals surface area contributed by atoms with Crippen LogP contribution in [-0.2, 0) is 0 Å². The van der Waals surface area contributed by atoms with Crippen molar-refractivity contribution in [3.05, 3.63) is 12.7 Å². The third kappa shape index (κ3) is 5.13. The summed E-state index contributed by atoms with van der Waals surface area (Å²) < 4.78 is 0. The van der Waals surface area contributed by atoms with Gasteiger partial charge in [-0.25, -0.2) is 0 Å². The second kappa shape index (κ2) is 5.40. The topological polar surface area (TPSA) is 20.2 Å². The molecular weight excluding hydrogens is 112 g/mol. The molecule has 1 unspecified atom stereocenters. The van der Waals surface area contributed by atoms with E-state index in [1.807, 2.05) is 6.92 Å². The highest BCUT2D eigenvalue weighted by Crippen LogP contribution is 1.92. The minimum atomic E-state index is -0.465. The first kappa shape index (κ1) is 8.26. The molecule has 0 saturated carbocycles. The number of aliphatic hydroxyl groups is 1. The molecule has 1 N–H and O–H groups in total. The number of allylic oxidation sites excluding steroid dienone is 1. The smallest absolute Gasteiger partial charge is 0.115 e. The molecule has 0 aromatic carbocycles. The molecule has 1 atom stereocenters. The number of aliphatic hydroxyl groups excluding tert-OH is 1. The lowest BCUT2D eigenvalue weighted by Gasteiger charge is -1.96. The van der Waals surface area contributed by atoms with Gasteiger partial charge >= 0.3 is 0 Å². The first-order valence-electron chi connectivity index (χ1n) is 3.11. The van der Waals surface area contributed by atoms with Gasteiger partial charge in [0.1, 0.15) is 6.10 Å². The van der Waals surface area contributed by atoms with Crippen molar-refractivity contribution in [2.75, 3.05) is 0 Å². The summed E-state index contributed by atoms with van der Waals surface area (Å²) in [5.74, 6) is 5.22. The van der Waals surface area contributed by atoms with Crippen molar-refractivity contribution in [3.8, 4) is 11.8 Å². The van der Waals surface area contributed by atoms with E-state index in [0.29, 0.717) is 0 Å². The summed E-state index contributed by atoms with van der Waals surface area (Å²) >= 11 is 0. The van der Waals surface area contributed by atoms with E-state index in [1.165, 1.54) is 6.08 Å². The highest BCUT2D eigenvalue weighted by atomic mass is 16.3. The van der Waals surface area contributed by atoms with Crippen molar-refractivity contribution >= 4 is 0 Å². The quantitative estimate of drug-likeness (QED) is 0.551. The third-order valence-electron chi connectivity index (χ3n) is 0.914. The Morgan fingerprint density at radius 2 is 2.44 bits per heavy atom. The molecule has 0 aromatic rings. The van der Waals surface area contributed by atoms with E-state index >= 15 is 0 Å². The molecule has 1 nitrogen and oxygen atoms in total. The van der Waals surface area contributed by atoms with E-state index in [4.69, 9.17) is 5.11 Å². The van der Waals surface area contributed by atoms with Crippen molar-refractivity contribution < 1.29 is 5.11 Å². The van der Waals surface area contributed by atoms with Crippen molar-refractivity contribution in [2.45, 2.75) is 25.9 Å². The minimum Gasteiger partial charge on any atom is -0.380 e. The number of rotatable bonds is 2. The largest absolute Gasteiger partial charge is 0.380 e. The van der Waals surface area contributed by atoms with Gasteiger partial charge in [-0.05, 0) is 12.5 Å². The molecule has 0 amide bonds. The van der Waals surface area contributed by atoms with Gasteiger partial charge in [0.2, 0.25) is 0 Å². The Balaban J connectivity index is 3.47. The summed E-state index contributed by atoms with van der Waals surface area (Å²) in [5, 5.41) is 8.96. The maximum atomic E-state index is 8.96. The van der Waals surface area contributed by atoms with Gasteiger partial charge in [0, 0.05) is 0 Å². The SMILES string of the molecule is C=CC#CC(O)CCC. The lowest BCUT2D eigenvalue weighted by Crippen LogP contribution is -2.00. The first-order valence-corrected chi connectivity index (χ1v) is 3.11. The Hall–Kier alpha value is -0.740. The minimum absolute atomic E-state index is 0.465. The first-order chi connectivity index (χ1) is 4.31. The second-order valence-corrected chi connectivity index (χ2v) is 1.80. The Morgan fingerprint density at radius 1 is 1.78 bits per heavy atom. The lowest BCUT2D eigenvalue weighted by atomic mass is 10.2. The Morgan fingerprint density at radius 3 is 2.89 bits per heavy atom. The van der Waals surface area contributed by atoms with Crippen LogP contribution in [0.15, 0.2) is 12.7 Å². The van der Waals surface area contributed by atoms with Gasteiger partial charge in [-0.15, -0.1) is 0 Å².